The Balaban J connectivity index is 1.33. The summed E-state index contributed by atoms with van der Waals surface area (Å²) in [6.07, 6.45) is 8.54. The van der Waals surface area contributed by atoms with Gasteiger partial charge in [-0.3, -0.25) is 19.3 Å². The number of nitrogens with zero attached hydrogens (tertiary/aromatic N) is 4. The third kappa shape index (κ3) is 4.61. The van der Waals surface area contributed by atoms with Crippen LogP contribution in [0.4, 0.5) is 5.69 Å². The highest BCUT2D eigenvalue weighted by Gasteiger charge is 2.70. The van der Waals surface area contributed by atoms with Crippen LogP contribution in [-0.2, 0) is 19.1 Å². The summed E-state index contributed by atoms with van der Waals surface area (Å²) >= 11 is 1.60. The number of anilines is 1. The molecule has 0 saturated carbocycles. The molecule has 1 N–H and O–H groups in total. The zero-order chi connectivity index (χ0) is 27.0. The molecule has 5 aliphatic rings. The average Bonchev–Trinajstić information content (AvgIpc) is 3.27. The molecular weight excluding hydrogens is 516 g/mol. The van der Waals surface area contributed by atoms with Crippen molar-refractivity contribution in [2.24, 2.45) is 11.8 Å². The molecule has 0 bridgehead atoms. The van der Waals surface area contributed by atoms with Crippen molar-refractivity contribution in [2.45, 2.75) is 22.5 Å². The second kappa shape index (κ2) is 11.1. The van der Waals surface area contributed by atoms with Gasteiger partial charge in [0.2, 0.25) is 17.7 Å². The fraction of sp³-hybridized carbons (Fsp3) is 0.552. The number of amides is 3. The Kier molecular flexibility index (Phi) is 7.54. The van der Waals surface area contributed by atoms with Gasteiger partial charge in [-0.15, -0.1) is 11.8 Å². The lowest BCUT2D eigenvalue weighted by atomic mass is 9.78. The van der Waals surface area contributed by atoms with Crippen LogP contribution in [0, 0.1) is 11.8 Å². The van der Waals surface area contributed by atoms with E-state index in [1.165, 1.54) is 0 Å². The minimum atomic E-state index is -0.827. The molecule has 208 valence electrons. The number of thioether (sulfide) groups is 1. The lowest BCUT2D eigenvalue weighted by Gasteiger charge is -2.36. The Labute approximate surface area is 233 Å². The summed E-state index contributed by atoms with van der Waals surface area (Å²) in [6, 6.07) is 8.86. The molecule has 9 nitrogen and oxygen atoms in total. The van der Waals surface area contributed by atoms with Crippen LogP contribution in [-0.4, -0.2) is 119 Å². The molecule has 0 aliphatic carbocycles. The number of likely N-dealkylation sites (tertiary alicyclic amines) is 1. The van der Waals surface area contributed by atoms with E-state index in [0.29, 0.717) is 45.8 Å². The highest BCUT2D eigenvalue weighted by atomic mass is 32.2. The van der Waals surface area contributed by atoms with Crippen LogP contribution in [0.5, 0.6) is 0 Å². The summed E-state index contributed by atoms with van der Waals surface area (Å²) < 4.78 is 4.63. The Morgan fingerprint density at radius 1 is 0.949 bits per heavy atom. The van der Waals surface area contributed by atoms with Crippen molar-refractivity contribution in [1.29, 1.82) is 0 Å². The smallest absolute Gasteiger partial charge is 0.247 e. The van der Waals surface area contributed by atoms with Gasteiger partial charge in [-0.1, -0.05) is 42.5 Å². The lowest BCUT2D eigenvalue weighted by molar-refractivity contribution is -0.142. The second-order valence-electron chi connectivity index (χ2n) is 10.8. The third-order valence-electron chi connectivity index (χ3n) is 8.66. The zero-order valence-electron chi connectivity index (χ0n) is 22.1. The number of carbonyl (C=O) groups is 3. The van der Waals surface area contributed by atoms with E-state index >= 15 is 0 Å². The normalized spacial score (nSPS) is 32.7. The van der Waals surface area contributed by atoms with Gasteiger partial charge >= 0.3 is 0 Å². The van der Waals surface area contributed by atoms with E-state index in [0.717, 1.165) is 25.3 Å². The molecule has 1 aromatic rings. The maximum Gasteiger partial charge on any atom is 0.247 e. The van der Waals surface area contributed by atoms with Crippen molar-refractivity contribution in [2.75, 3.05) is 70.5 Å². The number of rotatable bonds is 7. The van der Waals surface area contributed by atoms with Gasteiger partial charge in [0, 0.05) is 63.4 Å². The SMILES string of the molecule is O=C1C2N(CCCO)C(=O)[C@@H]3[C@H]4C(=O)N(c5ccccc5)CC=C[C@H]4S[C@]23C=CCN1CCN1CCOCC1. The first-order chi connectivity index (χ1) is 19.0. The number of hydrogen-bond acceptors (Lipinski definition) is 7. The number of aliphatic hydroxyl groups excluding tert-OH is 1. The van der Waals surface area contributed by atoms with Crippen molar-refractivity contribution in [3.63, 3.8) is 0 Å². The quantitative estimate of drug-likeness (QED) is 0.505. The predicted molar refractivity (Wildman–Crippen MR) is 149 cm³/mol. The minimum absolute atomic E-state index is 0.0673. The third-order valence-corrected chi connectivity index (χ3v) is 10.4. The summed E-state index contributed by atoms with van der Waals surface area (Å²) in [5.74, 6) is -1.51. The Hall–Kier alpha value is -2.66. The van der Waals surface area contributed by atoms with Gasteiger partial charge in [-0.2, -0.15) is 0 Å². The topological polar surface area (TPSA) is 93.6 Å². The van der Waals surface area contributed by atoms with Crippen molar-refractivity contribution >= 4 is 35.2 Å². The first-order valence-corrected chi connectivity index (χ1v) is 14.8. The molecule has 1 aromatic carbocycles. The molecule has 1 unspecified atom stereocenters. The first-order valence-electron chi connectivity index (χ1n) is 13.9. The largest absolute Gasteiger partial charge is 0.396 e. The van der Waals surface area contributed by atoms with E-state index in [-0.39, 0.29) is 29.6 Å². The molecule has 5 atom stereocenters. The number of fused-ring (bicyclic) bond motifs is 2. The van der Waals surface area contributed by atoms with Crippen LogP contribution in [0.2, 0.25) is 0 Å². The monoisotopic (exact) mass is 552 g/mol. The van der Waals surface area contributed by atoms with Gasteiger partial charge in [0.25, 0.3) is 0 Å². The van der Waals surface area contributed by atoms with E-state index in [4.69, 9.17) is 4.74 Å². The van der Waals surface area contributed by atoms with Crippen molar-refractivity contribution < 1.29 is 24.2 Å². The van der Waals surface area contributed by atoms with Gasteiger partial charge in [0.1, 0.15) is 6.04 Å². The molecule has 0 aromatic heterocycles. The minimum Gasteiger partial charge on any atom is -0.396 e. The molecule has 6 rings (SSSR count). The van der Waals surface area contributed by atoms with E-state index in [2.05, 4.69) is 17.1 Å². The van der Waals surface area contributed by atoms with Crippen LogP contribution in [0.15, 0.2) is 54.6 Å². The van der Waals surface area contributed by atoms with Crippen LogP contribution in [0.25, 0.3) is 0 Å². The second-order valence-corrected chi connectivity index (χ2v) is 12.3. The highest BCUT2D eigenvalue weighted by molar-refractivity contribution is 8.02. The van der Waals surface area contributed by atoms with Gasteiger partial charge in [-0.05, 0) is 18.6 Å². The molecule has 0 radical (unpaired) electrons. The number of carbonyl (C=O) groups excluding carboxylic acids is 3. The predicted octanol–water partition coefficient (Wildman–Crippen LogP) is 1.000. The average molecular weight is 553 g/mol. The first kappa shape index (κ1) is 26.6. The maximum absolute atomic E-state index is 14.3. The van der Waals surface area contributed by atoms with Crippen molar-refractivity contribution in [1.82, 2.24) is 14.7 Å². The Bertz CT molecular complexity index is 1160. The maximum atomic E-state index is 14.3. The Morgan fingerprint density at radius 3 is 2.51 bits per heavy atom. The van der Waals surface area contributed by atoms with Crippen molar-refractivity contribution in [3.05, 3.63) is 54.6 Å². The fourth-order valence-electron chi connectivity index (χ4n) is 6.79. The summed E-state index contributed by atoms with van der Waals surface area (Å²) in [5, 5.41) is 9.41. The standard InChI is InChI=1S/C29H36N4O5S/c34-18-6-13-33-25-28(37)31(15-14-30-16-19-38-20-17-30)11-5-10-29(25)24(27(33)36)23-22(39-29)9-4-12-32(26(23)35)21-7-2-1-3-8-21/h1-5,7-10,22-25,34H,6,11-20H2/t22-,23+,24+,25?,29+/m1/s1. The molecule has 10 heteroatoms. The molecule has 39 heavy (non-hydrogen) atoms. The number of ether oxygens (including phenoxy) is 1. The Morgan fingerprint density at radius 2 is 1.74 bits per heavy atom. The van der Waals surface area contributed by atoms with Crippen LogP contribution in [0.1, 0.15) is 6.42 Å². The molecule has 5 heterocycles. The molecule has 5 aliphatic heterocycles. The van der Waals surface area contributed by atoms with Gasteiger partial charge < -0.3 is 24.5 Å². The molecule has 3 amide bonds. The molecule has 3 saturated heterocycles. The van der Waals surface area contributed by atoms with Gasteiger partial charge in [0.05, 0.1) is 29.8 Å². The summed E-state index contributed by atoms with van der Waals surface area (Å²) in [6.45, 7) is 5.57. The number of para-hydroxylation sites is 1. The molecule has 3 fully saturated rings. The fourth-order valence-corrected chi connectivity index (χ4v) is 8.80. The van der Waals surface area contributed by atoms with Crippen LogP contribution in [0.3, 0.4) is 0 Å². The molecule has 1 spiro atoms. The van der Waals surface area contributed by atoms with E-state index in [1.807, 2.05) is 47.4 Å². The van der Waals surface area contributed by atoms with E-state index in [9.17, 15) is 19.5 Å². The number of aliphatic hydroxyl groups is 1. The zero-order valence-corrected chi connectivity index (χ0v) is 22.9. The highest BCUT2D eigenvalue weighted by Crippen LogP contribution is 2.61. The number of benzene rings is 1. The van der Waals surface area contributed by atoms with E-state index < -0.39 is 22.6 Å². The van der Waals surface area contributed by atoms with Gasteiger partial charge in [-0.25, -0.2) is 0 Å². The van der Waals surface area contributed by atoms with Gasteiger partial charge in [0.15, 0.2) is 0 Å². The summed E-state index contributed by atoms with van der Waals surface area (Å²) in [7, 11) is 0. The van der Waals surface area contributed by atoms with Crippen molar-refractivity contribution in [3.8, 4) is 0 Å². The van der Waals surface area contributed by atoms with Crippen LogP contribution >= 0.6 is 11.8 Å². The van der Waals surface area contributed by atoms with E-state index in [1.54, 1.807) is 21.6 Å². The summed E-state index contributed by atoms with van der Waals surface area (Å²) in [4.78, 5) is 50.2. The summed E-state index contributed by atoms with van der Waals surface area (Å²) in [5.41, 5.74) is 0.805. The number of hydrogen-bond donors (Lipinski definition) is 1. The number of morpholine rings is 1. The molecular formula is C29H36N4O5S. The van der Waals surface area contributed by atoms with Crippen LogP contribution < -0.4 is 4.90 Å². The lowest BCUT2D eigenvalue weighted by Crippen LogP contribution is -2.54.